The zero-order chi connectivity index (χ0) is 27.9. The van der Waals surface area contributed by atoms with Crippen molar-refractivity contribution in [3.8, 4) is 44.5 Å². The first-order valence-electron chi connectivity index (χ1n) is 14.5. The minimum absolute atomic E-state index is 1.22. The van der Waals surface area contributed by atoms with Crippen molar-refractivity contribution in [1.29, 1.82) is 0 Å². The molecule has 42 heavy (non-hydrogen) atoms. The molecule has 0 heterocycles. The third-order valence-electron chi connectivity index (χ3n) is 8.44. The zero-order valence-electron chi connectivity index (χ0n) is 23.2. The molecule has 0 radical (unpaired) electrons. The van der Waals surface area contributed by atoms with Crippen LogP contribution in [0, 0.1) is 0 Å². The lowest BCUT2D eigenvalue weighted by Crippen LogP contribution is -1.95. The van der Waals surface area contributed by atoms with Crippen LogP contribution < -0.4 is 0 Å². The lowest BCUT2D eigenvalue weighted by Gasteiger charge is -2.22. The normalized spacial score (nSPS) is 11.3. The highest BCUT2D eigenvalue weighted by Crippen LogP contribution is 2.50. The Hall–Kier alpha value is -5.46. The van der Waals surface area contributed by atoms with Gasteiger partial charge in [0.15, 0.2) is 0 Å². The van der Waals surface area contributed by atoms with Gasteiger partial charge < -0.3 is 0 Å². The molecule has 0 bridgehead atoms. The number of fused-ring (bicyclic) bond motifs is 6. The van der Waals surface area contributed by atoms with Gasteiger partial charge in [-0.05, 0) is 82.9 Å². The summed E-state index contributed by atoms with van der Waals surface area (Å²) < 4.78 is 0. The van der Waals surface area contributed by atoms with Crippen molar-refractivity contribution < 1.29 is 0 Å². The van der Waals surface area contributed by atoms with E-state index in [-0.39, 0.29) is 0 Å². The van der Waals surface area contributed by atoms with Gasteiger partial charge >= 0.3 is 0 Å². The molecule has 0 unspecified atom stereocenters. The first-order chi connectivity index (χ1) is 20.9. The van der Waals surface area contributed by atoms with Crippen LogP contribution in [0.2, 0.25) is 0 Å². The van der Waals surface area contributed by atoms with Crippen LogP contribution in [0.25, 0.3) is 76.8 Å². The lowest BCUT2D eigenvalue weighted by atomic mass is 9.80. The molecule has 0 saturated carbocycles. The molecular formula is C42H28. The van der Waals surface area contributed by atoms with Gasteiger partial charge in [0, 0.05) is 0 Å². The summed E-state index contributed by atoms with van der Waals surface area (Å²) in [5, 5.41) is 7.73. The maximum absolute atomic E-state index is 2.43. The van der Waals surface area contributed by atoms with Crippen molar-refractivity contribution in [2.45, 2.75) is 0 Å². The molecule has 0 N–H and O–H groups in total. The van der Waals surface area contributed by atoms with Crippen LogP contribution in [0.15, 0.2) is 170 Å². The number of hydrogen-bond acceptors (Lipinski definition) is 0. The number of hydrogen-bond donors (Lipinski definition) is 0. The Morgan fingerprint density at radius 3 is 1.24 bits per heavy atom. The van der Waals surface area contributed by atoms with E-state index in [1.54, 1.807) is 0 Å². The number of benzene rings is 8. The van der Waals surface area contributed by atoms with Gasteiger partial charge in [-0.1, -0.05) is 164 Å². The molecule has 0 aliphatic heterocycles. The van der Waals surface area contributed by atoms with Crippen LogP contribution in [0.4, 0.5) is 0 Å². The van der Waals surface area contributed by atoms with Gasteiger partial charge in [0.2, 0.25) is 0 Å². The molecule has 8 aromatic carbocycles. The van der Waals surface area contributed by atoms with E-state index in [0.29, 0.717) is 0 Å². The molecule has 0 amide bonds. The summed E-state index contributed by atoms with van der Waals surface area (Å²) in [6.45, 7) is 0. The SMILES string of the molecule is c1ccc(-c2cc(-c3ccccc3)c3c4cccc(-c5ccccc5)c4c4ccccc4c3c2-c2ccccc2)cc1. The standard InChI is InChI=1S/C42H28/c1-5-16-29(17-6-1)33-26-15-27-36-40(33)34-24-13-14-25-35(34)42-39(32-22-11-4-12-23-32)37(30-18-7-2-8-19-30)28-38(41(36)42)31-20-9-3-10-21-31/h1-28H. The third kappa shape index (κ3) is 3.92. The first-order valence-corrected chi connectivity index (χ1v) is 14.5. The van der Waals surface area contributed by atoms with Gasteiger partial charge in [0.05, 0.1) is 0 Å². The minimum atomic E-state index is 1.22. The van der Waals surface area contributed by atoms with Crippen molar-refractivity contribution in [3.05, 3.63) is 170 Å². The number of rotatable bonds is 4. The second-order valence-corrected chi connectivity index (χ2v) is 10.8. The molecule has 196 valence electrons. The van der Waals surface area contributed by atoms with E-state index in [1.807, 2.05) is 0 Å². The first kappa shape index (κ1) is 24.3. The Bertz CT molecular complexity index is 2200. The van der Waals surface area contributed by atoms with Crippen molar-refractivity contribution in [2.75, 3.05) is 0 Å². The van der Waals surface area contributed by atoms with Crippen LogP contribution in [-0.4, -0.2) is 0 Å². The summed E-state index contributed by atoms with van der Waals surface area (Å²) >= 11 is 0. The predicted octanol–water partition coefficient (Wildman–Crippen LogP) is 11.8. The molecular weight excluding hydrogens is 504 g/mol. The molecule has 0 nitrogen and oxygen atoms in total. The van der Waals surface area contributed by atoms with Gasteiger partial charge in [-0.2, -0.15) is 0 Å². The van der Waals surface area contributed by atoms with E-state index in [2.05, 4.69) is 170 Å². The van der Waals surface area contributed by atoms with Crippen molar-refractivity contribution in [2.24, 2.45) is 0 Å². The van der Waals surface area contributed by atoms with Crippen LogP contribution in [0.1, 0.15) is 0 Å². The Balaban J connectivity index is 1.68. The zero-order valence-corrected chi connectivity index (χ0v) is 23.2. The summed E-state index contributed by atoms with van der Waals surface area (Å²) in [6.07, 6.45) is 0. The Morgan fingerprint density at radius 1 is 0.238 bits per heavy atom. The Morgan fingerprint density at radius 2 is 0.667 bits per heavy atom. The van der Waals surface area contributed by atoms with Gasteiger partial charge in [-0.15, -0.1) is 0 Å². The third-order valence-corrected chi connectivity index (χ3v) is 8.44. The molecule has 0 aliphatic rings. The van der Waals surface area contributed by atoms with Crippen LogP contribution in [0.5, 0.6) is 0 Å². The molecule has 8 aromatic rings. The van der Waals surface area contributed by atoms with E-state index in [9.17, 15) is 0 Å². The highest BCUT2D eigenvalue weighted by atomic mass is 14.2. The largest absolute Gasteiger partial charge is 0.0622 e. The molecule has 0 heteroatoms. The van der Waals surface area contributed by atoms with Crippen molar-refractivity contribution in [1.82, 2.24) is 0 Å². The van der Waals surface area contributed by atoms with Crippen molar-refractivity contribution >= 4 is 32.3 Å². The van der Waals surface area contributed by atoms with Crippen LogP contribution in [0.3, 0.4) is 0 Å². The van der Waals surface area contributed by atoms with E-state index >= 15 is 0 Å². The van der Waals surface area contributed by atoms with E-state index in [1.165, 1.54) is 76.8 Å². The fourth-order valence-electron chi connectivity index (χ4n) is 6.66. The van der Waals surface area contributed by atoms with Crippen LogP contribution >= 0.6 is 0 Å². The van der Waals surface area contributed by atoms with E-state index in [4.69, 9.17) is 0 Å². The van der Waals surface area contributed by atoms with Gasteiger partial charge in [0.1, 0.15) is 0 Å². The van der Waals surface area contributed by atoms with Crippen molar-refractivity contribution in [3.63, 3.8) is 0 Å². The quantitative estimate of drug-likeness (QED) is 0.198. The molecule has 8 rings (SSSR count). The average molecular weight is 533 g/mol. The second kappa shape index (κ2) is 10.2. The fourth-order valence-corrected chi connectivity index (χ4v) is 6.66. The van der Waals surface area contributed by atoms with E-state index < -0.39 is 0 Å². The summed E-state index contributed by atoms with van der Waals surface area (Å²) in [7, 11) is 0. The predicted molar refractivity (Wildman–Crippen MR) is 181 cm³/mol. The maximum Gasteiger partial charge on any atom is -0.000785 e. The van der Waals surface area contributed by atoms with Crippen LogP contribution in [-0.2, 0) is 0 Å². The highest BCUT2D eigenvalue weighted by molar-refractivity contribution is 6.34. The highest BCUT2D eigenvalue weighted by Gasteiger charge is 2.22. The summed E-state index contributed by atoms with van der Waals surface area (Å²) in [6, 6.07) is 61.7. The van der Waals surface area contributed by atoms with Gasteiger partial charge in [-0.25, -0.2) is 0 Å². The lowest BCUT2D eigenvalue weighted by molar-refractivity contribution is 1.60. The topological polar surface area (TPSA) is 0 Å². The molecule has 0 aromatic heterocycles. The Labute approximate surface area is 246 Å². The minimum Gasteiger partial charge on any atom is -0.0622 e. The van der Waals surface area contributed by atoms with Gasteiger partial charge in [-0.3, -0.25) is 0 Å². The van der Waals surface area contributed by atoms with Gasteiger partial charge in [0.25, 0.3) is 0 Å². The summed E-state index contributed by atoms with van der Waals surface area (Å²) in [5.74, 6) is 0. The molecule has 0 saturated heterocycles. The molecule has 0 spiro atoms. The smallest absolute Gasteiger partial charge is 0.000785 e. The average Bonchev–Trinajstić information content (AvgIpc) is 3.09. The fraction of sp³-hybridized carbons (Fsp3) is 0. The molecule has 0 fully saturated rings. The summed E-state index contributed by atoms with van der Waals surface area (Å²) in [5.41, 5.74) is 9.95. The van der Waals surface area contributed by atoms with E-state index in [0.717, 1.165) is 0 Å². The molecule has 0 aliphatic carbocycles. The second-order valence-electron chi connectivity index (χ2n) is 10.8. The Kier molecular flexibility index (Phi) is 5.90. The molecule has 0 atom stereocenters. The maximum atomic E-state index is 2.43. The summed E-state index contributed by atoms with van der Waals surface area (Å²) in [4.78, 5) is 0. The monoisotopic (exact) mass is 532 g/mol.